The van der Waals surface area contributed by atoms with E-state index in [0.717, 1.165) is 4.31 Å². The molecule has 3 rings (SSSR count). The van der Waals surface area contributed by atoms with Crippen LogP contribution in [0, 0.1) is 6.92 Å². The summed E-state index contributed by atoms with van der Waals surface area (Å²) >= 11 is 18.4. The molecule has 3 aromatic carbocycles. The highest BCUT2D eigenvalue weighted by Crippen LogP contribution is 2.30. The summed E-state index contributed by atoms with van der Waals surface area (Å²) < 4.78 is 28.8. The Morgan fingerprint density at radius 3 is 2.20 bits per heavy atom. The predicted octanol–water partition coefficient (Wildman–Crippen LogP) is 6.48. The van der Waals surface area contributed by atoms with Crippen LogP contribution in [0.4, 0.5) is 5.69 Å². The molecule has 2 atom stereocenters. The molecule has 0 aliphatic heterocycles. The number of halogens is 3. The second-order valence-corrected chi connectivity index (χ2v) is 12.6. The minimum Gasteiger partial charge on any atom is -0.352 e. The minimum absolute atomic E-state index is 0.00361. The van der Waals surface area contributed by atoms with Gasteiger partial charge in [-0.15, -0.1) is 0 Å². The largest absolute Gasteiger partial charge is 0.352 e. The van der Waals surface area contributed by atoms with Gasteiger partial charge in [-0.2, -0.15) is 0 Å². The Hall–Kier alpha value is -2.78. The third-order valence-corrected chi connectivity index (χ3v) is 9.29. The van der Waals surface area contributed by atoms with Crippen molar-refractivity contribution in [2.75, 3.05) is 10.8 Å². The number of benzene rings is 3. The van der Waals surface area contributed by atoms with E-state index in [1.54, 1.807) is 68.4 Å². The van der Waals surface area contributed by atoms with Crippen molar-refractivity contribution >= 4 is 62.3 Å². The molecule has 40 heavy (non-hydrogen) atoms. The van der Waals surface area contributed by atoms with E-state index in [1.165, 1.54) is 17.0 Å². The first-order valence-corrected chi connectivity index (χ1v) is 15.3. The fourth-order valence-corrected chi connectivity index (χ4v) is 6.06. The first kappa shape index (κ1) is 31.7. The van der Waals surface area contributed by atoms with Gasteiger partial charge in [0.25, 0.3) is 10.0 Å². The fraction of sp³-hybridized carbons (Fsp3) is 0.310. The van der Waals surface area contributed by atoms with Crippen LogP contribution in [0.5, 0.6) is 0 Å². The number of carbonyl (C=O) groups excluding carboxylic acids is 2. The standard InChI is InChI=1S/C29H32Cl3N3O4S/c1-5-20(3)33-29(37)21(4)34(17-22-11-13-25(31)26(32)16-22)28(36)18-35(27-14-12-23(30)15-19(27)2)40(38,39)24-9-7-6-8-10-24/h6-16,20-21H,5,17-18H2,1-4H3,(H,33,37)/t20-,21-/m1/s1. The van der Waals surface area contributed by atoms with E-state index in [9.17, 15) is 18.0 Å². The Morgan fingerprint density at radius 2 is 1.60 bits per heavy atom. The molecule has 0 fully saturated rings. The van der Waals surface area contributed by atoms with E-state index in [-0.39, 0.29) is 23.4 Å². The molecule has 0 spiro atoms. The summed E-state index contributed by atoms with van der Waals surface area (Å²) in [6.45, 7) is 6.58. The molecule has 0 radical (unpaired) electrons. The lowest BCUT2D eigenvalue weighted by atomic mass is 10.1. The molecule has 3 aromatic rings. The van der Waals surface area contributed by atoms with Crippen LogP contribution in [0.2, 0.25) is 15.1 Å². The molecule has 0 bridgehead atoms. The van der Waals surface area contributed by atoms with Gasteiger partial charge in [0, 0.05) is 17.6 Å². The molecule has 0 unspecified atom stereocenters. The van der Waals surface area contributed by atoms with Gasteiger partial charge in [0.1, 0.15) is 12.6 Å². The third-order valence-electron chi connectivity index (χ3n) is 6.54. The summed E-state index contributed by atoms with van der Waals surface area (Å²) in [6.07, 6.45) is 0.706. The van der Waals surface area contributed by atoms with Crippen LogP contribution in [-0.4, -0.2) is 43.8 Å². The van der Waals surface area contributed by atoms with Crippen LogP contribution in [-0.2, 0) is 26.2 Å². The average Bonchev–Trinajstić information content (AvgIpc) is 2.92. The molecular formula is C29H32Cl3N3O4S. The molecule has 0 saturated carbocycles. The van der Waals surface area contributed by atoms with Crippen molar-refractivity contribution in [2.45, 2.75) is 57.6 Å². The predicted molar refractivity (Wildman–Crippen MR) is 162 cm³/mol. The summed E-state index contributed by atoms with van der Waals surface area (Å²) in [4.78, 5) is 28.5. The van der Waals surface area contributed by atoms with E-state index < -0.39 is 28.5 Å². The first-order chi connectivity index (χ1) is 18.8. The number of carbonyl (C=O) groups is 2. The van der Waals surface area contributed by atoms with Gasteiger partial charge in [0.15, 0.2) is 0 Å². The molecule has 0 saturated heterocycles. The van der Waals surface area contributed by atoms with E-state index in [1.807, 2.05) is 13.8 Å². The number of hydrogen-bond acceptors (Lipinski definition) is 4. The van der Waals surface area contributed by atoms with Gasteiger partial charge in [0.2, 0.25) is 11.8 Å². The normalized spacial score (nSPS) is 12.9. The number of nitrogens with one attached hydrogen (secondary N) is 1. The van der Waals surface area contributed by atoms with E-state index in [0.29, 0.717) is 38.3 Å². The molecule has 0 heterocycles. The van der Waals surface area contributed by atoms with Crippen LogP contribution in [0.1, 0.15) is 38.3 Å². The van der Waals surface area contributed by atoms with Gasteiger partial charge in [-0.25, -0.2) is 8.42 Å². The lowest BCUT2D eigenvalue weighted by Crippen LogP contribution is -2.52. The smallest absolute Gasteiger partial charge is 0.264 e. The van der Waals surface area contributed by atoms with E-state index >= 15 is 0 Å². The molecule has 0 aliphatic carbocycles. The highest BCUT2D eigenvalue weighted by Gasteiger charge is 2.33. The second-order valence-electron chi connectivity index (χ2n) is 9.52. The van der Waals surface area contributed by atoms with E-state index in [4.69, 9.17) is 34.8 Å². The Morgan fingerprint density at radius 1 is 0.925 bits per heavy atom. The van der Waals surface area contributed by atoms with Crippen LogP contribution >= 0.6 is 34.8 Å². The van der Waals surface area contributed by atoms with Crippen molar-refractivity contribution in [3.8, 4) is 0 Å². The maximum absolute atomic E-state index is 14.0. The number of amides is 2. The molecule has 214 valence electrons. The van der Waals surface area contributed by atoms with Gasteiger partial charge in [-0.3, -0.25) is 13.9 Å². The number of rotatable bonds is 11. The lowest BCUT2D eigenvalue weighted by molar-refractivity contribution is -0.139. The van der Waals surface area contributed by atoms with Crippen LogP contribution in [0.25, 0.3) is 0 Å². The van der Waals surface area contributed by atoms with Crippen molar-refractivity contribution in [3.63, 3.8) is 0 Å². The topological polar surface area (TPSA) is 86.8 Å². The molecule has 11 heteroatoms. The highest BCUT2D eigenvalue weighted by molar-refractivity contribution is 7.92. The van der Waals surface area contributed by atoms with Crippen molar-refractivity contribution in [1.29, 1.82) is 0 Å². The van der Waals surface area contributed by atoms with Gasteiger partial charge in [0.05, 0.1) is 20.6 Å². The van der Waals surface area contributed by atoms with Gasteiger partial charge in [-0.05, 0) is 80.8 Å². The molecule has 7 nitrogen and oxygen atoms in total. The van der Waals surface area contributed by atoms with E-state index in [2.05, 4.69) is 5.32 Å². The van der Waals surface area contributed by atoms with Crippen molar-refractivity contribution in [2.24, 2.45) is 0 Å². The first-order valence-electron chi connectivity index (χ1n) is 12.7. The Kier molecular flexibility index (Phi) is 10.9. The SMILES string of the molecule is CC[C@@H](C)NC(=O)[C@@H](C)N(Cc1ccc(Cl)c(Cl)c1)C(=O)CN(c1ccc(Cl)cc1C)S(=O)(=O)c1ccccc1. The molecule has 1 N–H and O–H groups in total. The maximum atomic E-state index is 14.0. The monoisotopic (exact) mass is 623 g/mol. The van der Waals surface area contributed by atoms with Crippen LogP contribution < -0.4 is 9.62 Å². The highest BCUT2D eigenvalue weighted by atomic mass is 35.5. The zero-order chi connectivity index (χ0) is 29.6. The van der Waals surface area contributed by atoms with Crippen molar-refractivity contribution < 1.29 is 18.0 Å². The summed E-state index contributed by atoms with van der Waals surface area (Å²) in [5, 5.41) is 3.98. The maximum Gasteiger partial charge on any atom is 0.264 e. The lowest BCUT2D eigenvalue weighted by Gasteiger charge is -2.33. The van der Waals surface area contributed by atoms with Crippen LogP contribution in [0.3, 0.4) is 0 Å². The number of sulfonamides is 1. The van der Waals surface area contributed by atoms with Gasteiger partial charge < -0.3 is 10.2 Å². The third kappa shape index (κ3) is 7.69. The van der Waals surface area contributed by atoms with Crippen LogP contribution in [0.15, 0.2) is 71.6 Å². The summed E-state index contributed by atoms with van der Waals surface area (Å²) in [5.74, 6) is -0.936. The Balaban J connectivity index is 2.06. The summed E-state index contributed by atoms with van der Waals surface area (Å²) in [5.41, 5.74) is 1.50. The van der Waals surface area contributed by atoms with Crippen molar-refractivity contribution in [3.05, 3.63) is 92.9 Å². The number of anilines is 1. The quantitative estimate of drug-likeness (QED) is 0.265. The van der Waals surface area contributed by atoms with Gasteiger partial charge >= 0.3 is 0 Å². The summed E-state index contributed by atoms with van der Waals surface area (Å²) in [7, 11) is -4.17. The Labute approximate surface area is 251 Å². The number of nitrogens with zero attached hydrogens (tertiary/aromatic N) is 2. The van der Waals surface area contributed by atoms with Gasteiger partial charge in [-0.1, -0.05) is 66.0 Å². The second kappa shape index (κ2) is 13.7. The average molecular weight is 625 g/mol. The molecule has 0 aromatic heterocycles. The number of aryl methyl sites for hydroxylation is 1. The molecule has 0 aliphatic rings. The minimum atomic E-state index is -4.17. The number of hydrogen-bond donors (Lipinski definition) is 1. The van der Waals surface area contributed by atoms with Crippen molar-refractivity contribution in [1.82, 2.24) is 10.2 Å². The fourth-order valence-electron chi connectivity index (χ4n) is 4.01. The zero-order valence-electron chi connectivity index (χ0n) is 22.7. The molecular weight excluding hydrogens is 593 g/mol. The summed E-state index contributed by atoms with van der Waals surface area (Å²) in [6, 6.07) is 16.5. The zero-order valence-corrected chi connectivity index (χ0v) is 25.8. The Bertz CT molecular complexity index is 1470. The molecule has 2 amide bonds.